The van der Waals surface area contributed by atoms with Gasteiger partial charge in [-0.15, -0.1) is 0 Å². The molecule has 186 valence electrons. The van der Waals surface area contributed by atoms with Gasteiger partial charge in [0.1, 0.15) is 11.5 Å². The van der Waals surface area contributed by atoms with Crippen LogP contribution in [0, 0.1) is 20.8 Å². The number of para-hydroxylation sites is 1. The molecule has 0 bridgehead atoms. The molecule has 0 N–H and O–H groups in total. The number of aryl methyl sites for hydroxylation is 3. The topological polar surface area (TPSA) is 59.1 Å². The molecule has 0 atom stereocenters. The molecule has 0 aromatic heterocycles. The van der Waals surface area contributed by atoms with E-state index < -0.39 is 10.0 Å². The average Bonchev–Trinajstić information content (AvgIpc) is 2.82. The van der Waals surface area contributed by atoms with Crippen LogP contribution in [0.3, 0.4) is 0 Å². The van der Waals surface area contributed by atoms with E-state index in [1.165, 1.54) is 0 Å². The first-order chi connectivity index (χ1) is 16.8. The molecule has 1 aliphatic heterocycles. The van der Waals surface area contributed by atoms with Crippen LogP contribution in [0.5, 0.6) is 11.5 Å². The van der Waals surface area contributed by atoms with Crippen molar-refractivity contribution in [3.05, 3.63) is 89.0 Å². The average molecular weight is 495 g/mol. The molecule has 1 fully saturated rings. The van der Waals surface area contributed by atoms with Gasteiger partial charge in [0.25, 0.3) is 0 Å². The number of benzene rings is 3. The minimum absolute atomic E-state index is 0.269. The molecule has 3 aromatic rings. The van der Waals surface area contributed by atoms with E-state index in [2.05, 4.69) is 4.90 Å². The predicted molar refractivity (Wildman–Crippen MR) is 138 cm³/mol. The lowest BCUT2D eigenvalue weighted by atomic mass is 10.1. The largest absolute Gasteiger partial charge is 0.457 e. The third kappa shape index (κ3) is 6.49. The van der Waals surface area contributed by atoms with E-state index in [0.717, 1.165) is 41.1 Å². The van der Waals surface area contributed by atoms with Crippen LogP contribution < -0.4 is 4.74 Å². The monoisotopic (exact) mass is 494 g/mol. The number of ether oxygens (including phenoxy) is 2. The van der Waals surface area contributed by atoms with Crippen molar-refractivity contribution in [3.63, 3.8) is 0 Å². The van der Waals surface area contributed by atoms with Crippen molar-refractivity contribution in [1.82, 2.24) is 9.21 Å². The van der Waals surface area contributed by atoms with Crippen LogP contribution in [0.25, 0.3) is 0 Å². The SMILES string of the molecule is Cc1cc(C)c(S(=O)(=O)N(CCN2CCOCC2)Cc2cccc(Oc3ccccc3)c2)c(C)c1. The van der Waals surface area contributed by atoms with Gasteiger partial charge in [-0.05, 0) is 61.7 Å². The summed E-state index contributed by atoms with van der Waals surface area (Å²) in [6.45, 7) is 10.1. The standard InChI is InChI=1S/C28H34N2O4S/c1-22-18-23(2)28(24(3)19-22)35(31,32)30(13-12-29-14-16-33-17-15-29)21-25-8-7-11-27(20-25)34-26-9-5-4-6-10-26/h4-11,18-20H,12-17,21H2,1-3H3. The quantitative estimate of drug-likeness (QED) is 0.422. The molecular weight excluding hydrogens is 460 g/mol. The lowest BCUT2D eigenvalue weighted by Gasteiger charge is -2.30. The van der Waals surface area contributed by atoms with Crippen LogP contribution in [0.2, 0.25) is 0 Å². The Hall–Kier alpha value is -2.71. The Kier molecular flexibility index (Phi) is 8.23. The molecule has 6 nitrogen and oxygen atoms in total. The fourth-order valence-electron chi connectivity index (χ4n) is 4.60. The molecular formula is C28H34N2O4S. The van der Waals surface area contributed by atoms with Gasteiger partial charge in [-0.25, -0.2) is 8.42 Å². The minimum Gasteiger partial charge on any atom is -0.457 e. The van der Waals surface area contributed by atoms with Crippen molar-refractivity contribution in [2.75, 3.05) is 39.4 Å². The molecule has 35 heavy (non-hydrogen) atoms. The predicted octanol–water partition coefficient (Wildman–Crippen LogP) is 4.93. The highest BCUT2D eigenvalue weighted by atomic mass is 32.2. The second-order valence-electron chi connectivity index (χ2n) is 9.08. The number of rotatable bonds is 9. The lowest BCUT2D eigenvalue weighted by molar-refractivity contribution is 0.0361. The van der Waals surface area contributed by atoms with Gasteiger partial charge in [0.05, 0.1) is 18.1 Å². The highest BCUT2D eigenvalue weighted by molar-refractivity contribution is 7.89. The van der Waals surface area contributed by atoms with Crippen LogP contribution >= 0.6 is 0 Å². The summed E-state index contributed by atoms with van der Waals surface area (Å²) >= 11 is 0. The zero-order valence-electron chi connectivity index (χ0n) is 20.7. The first-order valence-electron chi connectivity index (χ1n) is 12.0. The maximum Gasteiger partial charge on any atom is 0.243 e. The van der Waals surface area contributed by atoms with E-state index in [0.29, 0.717) is 36.9 Å². The fourth-order valence-corrected chi connectivity index (χ4v) is 6.43. The molecule has 3 aromatic carbocycles. The molecule has 1 aliphatic rings. The van der Waals surface area contributed by atoms with E-state index in [9.17, 15) is 8.42 Å². The van der Waals surface area contributed by atoms with Crippen molar-refractivity contribution >= 4 is 10.0 Å². The zero-order valence-corrected chi connectivity index (χ0v) is 21.6. The normalized spacial score (nSPS) is 14.9. The van der Waals surface area contributed by atoms with E-state index in [4.69, 9.17) is 9.47 Å². The summed E-state index contributed by atoms with van der Waals surface area (Å²) in [7, 11) is -3.72. The number of morpholine rings is 1. The smallest absolute Gasteiger partial charge is 0.243 e. The molecule has 7 heteroatoms. The molecule has 0 aliphatic carbocycles. The van der Waals surface area contributed by atoms with Gasteiger partial charge in [0.15, 0.2) is 0 Å². The Labute approximate surface area is 209 Å². The van der Waals surface area contributed by atoms with Gasteiger partial charge in [0, 0.05) is 32.7 Å². The Bertz CT molecular complexity index is 1220. The fraction of sp³-hybridized carbons (Fsp3) is 0.357. The van der Waals surface area contributed by atoms with Crippen molar-refractivity contribution in [3.8, 4) is 11.5 Å². The van der Waals surface area contributed by atoms with Gasteiger partial charge >= 0.3 is 0 Å². The van der Waals surface area contributed by atoms with Crippen LogP contribution in [0.4, 0.5) is 0 Å². The first-order valence-corrected chi connectivity index (χ1v) is 13.5. The van der Waals surface area contributed by atoms with Crippen LogP contribution in [0.1, 0.15) is 22.3 Å². The maximum absolute atomic E-state index is 14.0. The Morgan fingerprint density at radius 1 is 0.886 bits per heavy atom. The summed E-state index contributed by atoms with van der Waals surface area (Å²) in [5, 5.41) is 0. The summed E-state index contributed by atoms with van der Waals surface area (Å²) < 4.78 is 41.0. The van der Waals surface area contributed by atoms with E-state index in [1.807, 2.05) is 87.5 Å². The summed E-state index contributed by atoms with van der Waals surface area (Å²) in [4.78, 5) is 2.66. The van der Waals surface area contributed by atoms with Crippen molar-refractivity contribution in [2.45, 2.75) is 32.2 Å². The van der Waals surface area contributed by atoms with Crippen molar-refractivity contribution in [2.24, 2.45) is 0 Å². The van der Waals surface area contributed by atoms with Crippen LogP contribution in [-0.4, -0.2) is 57.0 Å². The Morgan fingerprint density at radius 2 is 1.54 bits per heavy atom. The molecule has 0 radical (unpaired) electrons. The second-order valence-corrected chi connectivity index (χ2v) is 11.0. The number of sulfonamides is 1. The molecule has 0 unspecified atom stereocenters. The number of nitrogens with zero attached hydrogens (tertiary/aromatic N) is 2. The van der Waals surface area contributed by atoms with Gasteiger partial charge in [-0.1, -0.05) is 48.0 Å². The summed E-state index contributed by atoms with van der Waals surface area (Å²) in [5.41, 5.74) is 3.50. The highest BCUT2D eigenvalue weighted by Crippen LogP contribution is 2.28. The highest BCUT2D eigenvalue weighted by Gasteiger charge is 2.29. The molecule has 0 spiro atoms. The Morgan fingerprint density at radius 3 is 2.23 bits per heavy atom. The first kappa shape index (κ1) is 25.4. The minimum atomic E-state index is -3.72. The summed E-state index contributed by atoms with van der Waals surface area (Å²) in [6.07, 6.45) is 0. The lowest BCUT2D eigenvalue weighted by Crippen LogP contribution is -2.43. The Balaban J connectivity index is 1.61. The number of hydrogen-bond acceptors (Lipinski definition) is 5. The van der Waals surface area contributed by atoms with Gasteiger partial charge in [-0.2, -0.15) is 4.31 Å². The van der Waals surface area contributed by atoms with E-state index >= 15 is 0 Å². The molecule has 0 saturated carbocycles. The van der Waals surface area contributed by atoms with Crippen LogP contribution in [0.15, 0.2) is 71.6 Å². The van der Waals surface area contributed by atoms with Gasteiger partial charge < -0.3 is 9.47 Å². The van der Waals surface area contributed by atoms with Crippen LogP contribution in [-0.2, 0) is 21.3 Å². The number of hydrogen-bond donors (Lipinski definition) is 0. The molecule has 1 heterocycles. The third-order valence-electron chi connectivity index (χ3n) is 6.21. The van der Waals surface area contributed by atoms with Crippen molar-refractivity contribution < 1.29 is 17.9 Å². The molecule has 4 rings (SSSR count). The van der Waals surface area contributed by atoms with E-state index in [1.54, 1.807) is 4.31 Å². The third-order valence-corrected chi connectivity index (χ3v) is 8.36. The summed E-state index contributed by atoms with van der Waals surface area (Å²) in [6, 6.07) is 21.1. The maximum atomic E-state index is 14.0. The van der Waals surface area contributed by atoms with Gasteiger partial charge in [0.2, 0.25) is 10.0 Å². The second kappa shape index (κ2) is 11.4. The molecule has 0 amide bonds. The zero-order chi connectivity index (χ0) is 24.8. The molecule has 1 saturated heterocycles. The van der Waals surface area contributed by atoms with E-state index in [-0.39, 0.29) is 6.54 Å². The summed E-state index contributed by atoms with van der Waals surface area (Å²) in [5.74, 6) is 1.43. The van der Waals surface area contributed by atoms with Gasteiger partial charge in [-0.3, -0.25) is 4.90 Å². The van der Waals surface area contributed by atoms with Crippen molar-refractivity contribution in [1.29, 1.82) is 0 Å².